The molecule has 0 amide bonds. The van der Waals surface area contributed by atoms with Gasteiger partial charge in [-0.2, -0.15) is 0 Å². The van der Waals surface area contributed by atoms with Crippen LogP contribution in [0.4, 0.5) is 0 Å². The van der Waals surface area contributed by atoms with Crippen LogP contribution in [0.5, 0.6) is 28.7 Å². The Morgan fingerprint density at radius 1 is 0.587 bits per heavy atom. The first-order valence-electron chi connectivity index (χ1n) is 14.6. The fraction of sp³-hybridized carbons (Fsp3) is 0.132. The van der Waals surface area contributed by atoms with Gasteiger partial charge in [-0.05, 0) is 57.5 Å². The Bertz CT molecular complexity index is 1990. The average Bonchev–Trinajstić information content (AvgIpc) is 3.11. The molecule has 1 heterocycles. The van der Waals surface area contributed by atoms with Crippen LogP contribution in [-0.4, -0.2) is 14.2 Å². The predicted molar refractivity (Wildman–Crippen MR) is 186 cm³/mol. The zero-order valence-electron chi connectivity index (χ0n) is 25.3. The Morgan fingerprint density at radius 3 is 1.67 bits per heavy atom. The summed E-state index contributed by atoms with van der Waals surface area (Å²) < 4.78 is 37.1. The van der Waals surface area contributed by atoms with E-state index in [4.69, 9.17) is 28.1 Å². The van der Waals surface area contributed by atoms with E-state index in [1.54, 1.807) is 25.3 Å². The maximum atomic E-state index is 14.3. The molecule has 0 aliphatic rings. The summed E-state index contributed by atoms with van der Waals surface area (Å²) >= 11 is 2.13. The third kappa shape index (κ3) is 6.82. The lowest BCUT2D eigenvalue weighted by Gasteiger charge is -2.17. The van der Waals surface area contributed by atoms with Crippen LogP contribution < -0.4 is 29.1 Å². The van der Waals surface area contributed by atoms with Crippen LogP contribution in [0.3, 0.4) is 0 Å². The van der Waals surface area contributed by atoms with Crippen molar-refractivity contribution in [2.24, 2.45) is 0 Å². The van der Waals surface area contributed by atoms with E-state index in [0.29, 0.717) is 50.9 Å². The first kappa shape index (κ1) is 31.0. The number of methoxy groups -OCH3 is 2. The van der Waals surface area contributed by atoms with E-state index >= 15 is 0 Å². The minimum absolute atomic E-state index is 0.0587. The SMILES string of the molecule is COc1cc(-c2oc3cc(OCc4ccccc4)c(I)c(OC)c3c(=O)c2OCc2ccccc2)ccc1OCc1ccccc1. The van der Waals surface area contributed by atoms with E-state index in [1.807, 2.05) is 97.1 Å². The lowest BCUT2D eigenvalue weighted by Crippen LogP contribution is -2.12. The molecule has 0 bridgehead atoms. The van der Waals surface area contributed by atoms with E-state index in [-0.39, 0.29) is 28.9 Å². The van der Waals surface area contributed by atoms with E-state index in [2.05, 4.69) is 22.6 Å². The van der Waals surface area contributed by atoms with Gasteiger partial charge in [0.05, 0.1) is 17.8 Å². The van der Waals surface area contributed by atoms with Crippen molar-refractivity contribution in [3.8, 4) is 40.1 Å². The Hall–Kier alpha value is -4.96. The van der Waals surface area contributed by atoms with Crippen molar-refractivity contribution >= 4 is 33.6 Å². The third-order valence-electron chi connectivity index (χ3n) is 7.33. The second kappa shape index (κ2) is 14.4. The van der Waals surface area contributed by atoms with Gasteiger partial charge in [0.2, 0.25) is 11.2 Å². The molecule has 0 atom stereocenters. The van der Waals surface area contributed by atoms with Crippen molar-refractivity contribution in [3.05, 3.63) is 146 Å². The Balaban J connectivity index is 1.44. The summed E-state index contributed by atoms with van der Waals surface area (Å²) in [5.41, 5.74) is 3.46. The van der Waals surface area contributed by atoms with Crippen LogP contribution in [0.25, 0.3) is 22.3 Å². The van der Waals surface area contributed by atoms with Gasteiger partial charge in [-0.3, -0.25) is 4.79 Å². The smallest absolute Gasteiger partial charge is 0.239 e. The number of halogens is 1. The van der Waals surface area contributed by atoms with Gasteiger partial charge in [-0.15, -0.1) is 0 Å². The molecule has 0 N–H and O–H groups in total. The fourth-order valence-electron chi connectivity index (χ4n) is 5.00. The molecule has 6 aromatic rings. The highest BCUT2D eigenvalue weighted by Gasteiger charge is 2.25. The monoisotopic (exact) mass is 726 g/mol. The summed E-state index contributed by atoms with van der Waals surface area (Å²) in [5, 5.41) is 0.264. The minimum Gasteiger partial charge on any atom is -0.495 e. The molecule has 0 unspecified atom stereocenters. The number of ether oxygens (including phenoxy) is 5. The van der Waals surface area contributed by atoms with E-state index < -0.39 is 0 Å². The van der Waals surface area contributed by atoms with Crippen molar-refractivity contribution in [1.82, 2.24) is 0 Å². The second-order valence-electron chi connectivity index (χ2n) is 10.4. The average molecular weight is 727 g/mol. The van der Waals surface area contributed by atoms with Crippen LogP contribution >= 0.6 is 22.6 Å². The molecule has 6 rings (SSSR count). The van der Waals surface area contributed by atoms with Crippen LogP contribution in [0, 0.1) is 3.57 Å². The molecule has 7 nitrogen and oxygen atoms in total. The van der Waals surface area contributed by atoms with Gasteiger partial charge in [0, 0.05) is 11.6 Å². The lowest BCUT2D eigenvalue weighted by molar-refractivity contribution is 0.284. The van der Waals surface area contributed by atoms with Crippen molar-refractivity contribution in [2.45, 2.75) is 19.8 Å². The summed E-state index contributed by atoms with van der Waals surface area (Å²) in [7, 11) is 3.09. The molecular formula is C38H31IO7. The van der Waals surface area contributed by atoms with Gasteiger partial charge in [-0.25, -0.2) is 0 Å². The highest BCUT2D eigenvalue weighted by Crippen LogP contribution is 2.42. The number of fused-ring (bicyclic) bond motifs is 1. The summed E-state index contributed by atoms with van der Waals surface area (Å²) in [6.45, 7) is 0.872. The maximum absolute atomic E-state index is 14.3. The van der Waals surface area contributed by atoms with Gasteiger partial charge in [0.25, 0.3) is 0 Å². The molecule has 0 aliphatic carbocycles. The predicted octanol–water partition coefficient (Wildman–Crippen LogP) is 8.82. The highest BCUT2D eigenvalue weighted by molar-refractivity contribution is 14.1. The van der Waals surface area contributed by atoms with Gasteiger partial charge in [0.1, 0.15) is 36.5 Å². The van der Waals surface area contributed by atoms with E-state index in [0.717, 1.165) is 16.7 Å². The summed E-state index contributed by atoms with van der Waals surface area (Å²) in [6.07, 6.45) is 0. The maximum Gasteiger partial charge on any atom is 0.239 e. The molecule has 1 aromatic heterocycles. The molecule has 0 radical (unpaired) electrons. The minimum atomic E-state index is -0.361. The molecule has 46 heavy (non-hydrogen) atoms. The lowest BCUT2D eigenvalue weighted by atomic mass is 10.1. The molecule has 0 spiro atoms. The van der Waals surface area contributed by atoms with E-state index in [1.165, 1.54) is 7.11 Å². The first-order valence-corrected chi connectivity index (χ1v) is 15.7. The van der Waals surface area contributed by atoms with E-state index in [9.17, 15) is 4.79 Å². The fourth-order valence-corrected chi connectivity index (χ4v) is 5.80. The van der Waals surface area contributed by atoms with Crippen molar-refractivity contribution in [3.63, 3.8) is 0 Å². The molecule has 232 valence electrons. The first-order chi connectivity index (χ1) is 22.6. The summed E-state index contributed by atoms with van der Waals surface area (Å²) in [4.78, 5) is 14.3. The zero-order valence-corrected chi connectivity index (χ0v) is 27.5. The van der Waals surface area contributed by atoms with Gasteiger partial charge < -0.3 is 28.1 Å². The molecule has 0 aliphatic heterocycles. The Kier molecular flexibility index (Phi) is 9.73. The number of hydrogen-bond acceptors (Lipinski definition) is 7. The van der Waals surface area contributed by atoms with Crippen molar-refractivity contribution < 1.29 is 28.1 Å². The number of benzene rings is 5. The van der Waals surface area contributed by atoms with Crippen LogP contribution in [0.15, 0.2) is 124 Å². The third-order valence-corrected chi connectivity index (χ3v) is 8.35. The van der Waals surface area contributed by atoms with Gasteiger partial charge >= 0.3 is 0 Å². The van der Waals surface area contributed by atoms with Crippen molar-refractivity contribution in [2.75, 3.05) is 14.2 Å². The number of rotatable bonds is 12. The Labute approximate surface area is 280 Å². The topological polar surface area (TPSA) is 76.4 Å². The molecular weight excluding hydrogens is 695 g/mol. The van der Waals surface area contributed by atoms with Gasteiger partial charge in [-0.1, -0.05) is 91.0 Å². The summed E-state index contributed by atoms with van der Waals surface area (Å²) in [6, 6.07) is 36.5. The normalized spacial score (nSPS) is 10.8. The number of hydrogen-bond donors (Lipinski definition) is 0. The molecule has 0 saturated carbocycles. The molecule has 0 saturated heterocycles. The van der Waals surface area contributed by atoms with Crippen LogP contribution in [0.2, 0.25) is 0 Å². The molecule has 8 heteroatoms. The Morgan fingerprint density at radius 2 is 1.13 bits per heavy atom. The van der Waals surface area contributed by atoms with Crippen LogP contribution in [-0.2, 0) is 19.8 Å². The molecule has 0 fully saturated rings. The quantitative estimate of drug-likeness (QED) is 0.117. The van der Waals surface area contributed by atoms with Gasteiger partial charge in [0.15, 0.2) is 23.0 Å². The highest BCUT2D eigenvalue weighted by atomic mass is 127. The molecule has 5 aromatic carbocycles. The van der Waals surface area contributed by atoms with Crippen LogP contribution in [0.1, 0.15) is 16.7 Å². The second-order valence-corrected chi connectivity index (χ2v) is 11.5. The summed E-state index contributed by atoms with van der Waals surface area (Å²) in [5.74, 6) is 2.23. The zero-order chi connectivity index (χ0) is 31.9. The standard InChI is InChI=1S/C38H31IO7/c1-41-30-20-28(18-19-29(30)43-22-25-12-6-3-7-13-25)36-38(45-24-27-16-10-5-11-17-27)35(40)33-31(46-36)21-32(34(39)37(33)42-2)44-23-26-14-8-4-9-15-26/h3-21H,22-24H2,1-2H3. The largest absolute Gasteiger partial charge is 0.495 e. The van der Waals surface area contributed by atoms with Crippen molar-refractivity contribution in [1.29, 1.82) is 0 Å².